The Kier molecular flexibility index (Phi) is 6.68. The Hall–Kier alpha value is -0.580. The molecular weight excluding hydrogens is 318 g/mol. The molecule has 3 nitrogen and oxygen atoms in total. The van der Waals surface area contributed by atoms with Crippen LogP contribution in [0.3, 0.4) is 0 Å². The number of hydrogen-bond acceptors (Lipinski definition) is 2. The summed E-state index contributed by atoms with van der Waals surface area (Å²) in [7, 11) is 0. The minimum atomic E-state index is -0.169. The molecule has 0 aliphatic carbocycles. The van der Waals surface area contributed by atoms with E-state index in [0.717, 1.165) is 17.3 Å². The van der Waals surface area contributed by atoms with Gasteiger partial charge < -0.3 is 10.4 Å². The van der Waals surface area contributed by atoms with Crippen molar-refractivity contribution in [2.75, 3.05) is 13.2 Å². The van der Waals surface area contributed by atoms with Gasteiger partial charge in [-0.3, -0.25) is 4.79 Å². The van der Waals surface area contributed by atoms with Gasteiger partial charge in [0, 0.05) is 17.6 Å². The molecule has 0 radical (unpaired) electrons. The van der Waals surface area contributed by atoms with Gasteiger partial charge >= 0.3 is 0 Å². The van der Waals surface area contributed by atoms with E-state index < -0.39 is 0 Å². The summed E-state index contributed by atoms with van der Waals surface area (Å²) in [5.74, 6) is 0.106. The van der Waals surface area contributed by atoms with E-state index in [2.05, 4.69) is 21.2 Å². The first-order valence-electron chi connectivity index (χ1n) is 5.88. The van der Waals surface area contributed by atoms with E-state index in [1.165, 1.54) is 0 Å². The van der Waals surface area contributed by atoms with Gasteiger partial charge in [0.1, 0.15) is 0 Å². The highest BCUT2D eigenvalue weighted by molar-refractivity contribution is 9.10. The Morgan fingerprint density at radius 1 is 1.56 bits per heavy atom. The van der Waals surface area contributed by atoms with Crippen LogP contribution in [0, 0.1) is 5.92 Å². The number of aliphatic hydroxyl groups excluding tert-OH is 1. The predicted molar refractivity (Wildman–Crippen MR) is 77.0 cm³/mol. The van der Waals surface area contributed by atoms with E-state index in [1.807, 2.05) is 6.92 Å². The van der Waals surface area contributed by atoms with E-state index in [-0.39, 0.29) is 18.4 Å². The van der Waals surface area contributed by atoms with Gasteiger partial charge in [-0.15, -0.1) is 0 Å². The number of amides is 1. The Labute approximate surface area is 121 Å². The number of rotatable bonds is 6. The lowest BCUT2D eigenvalue weighted by atomic mass is 10.1. The summed E-state index contributed by atoms with van der Waals surface area (Å²) in [5, 5.41) is 12.1. The first kappa shape index (κ1) is 15.5. The smallest absolute Gasteiger partial charge is 0.252 e. The van der Waals surface area contributed by atoms with Crippen molar-refractivity contribution in [2.45, 2.75) is 19.8 Å². The fraction of sp³-hybridized carbons (Fsp3) is 0.462. The van der Waals surface area contributed by atoms with E-state index in [4.69, 9.17) is 16.7 Å². The molecule has 2 N–H and O–H groups in total. The zero-order valence-electron chi connectivity index (χ0n) is 10.2. The van der Waals surface area contributed by atoms with Crippen molar-refractivity contribution in [1.29, 1.82) is 0 Å². The molecule has 0 fully saturated rings. The molecule has 5 heteroatoms. The molecule has 1 atom stereocenters. The number of nitrogens with one attached hydrogen (secondary N) is 1. The molecule has 0 saturated carbocycles. The second-order valence-corrected chi connectivity index (χ2v) is 5.63. The molecule has 0 heterocycles. The second kappa shape index (κ2) is 7.77. The zero-order chi connectivity index (χ0) is 13.5. The molecule has 100 valence electrons. The molecule has 0 spiro atoms. The normalized spacial score (nSPS) is 12.2. The molecule has 1 amide bonds. The number of aliphatic hydroxyl groups is 1. The van der Waals surface area contributed by atoms with Crippen LogP contribution in [-0.2, 0) is 0 Å². The van der Waals surface area contributed by atoms with Gasteiger partial charge in [0.25, 0.3) is 5.91 Å². The fourth-order valence-corrected chi connectivity index (χ4v) is 2.07. The molecule has 0 aromatic heterocycles. The number of carbonyl (C=O) groups is 1. The van der Waals surface area contributed by atoms with Gasteiger partial charge in [0.2, 0.25) is 0 Å². The molecule has 0 aliphatic rings. The third-order valence-corrected chi connectivity index (χ3v) is 3.47. The lowest BCUT2D eigenvalue weighted by Gasteiger charge is -2.09. The first-order chi connectivity index (χ1) is 8.54. The van der Waals surface area contributed by atoms with Gasteiger partial charge in [-0.2, -0.15) is 0 Å². The Balaban J connectivity index is 2.43. The second-order valence-electron chi connectivity index (χ2n) is 4.31. The number of halogens is 2. The number of hydrogen-bond donors (Lipinski definition) is 2. The topological polar surface area (TPSA) is 49.3 Å². The first-order valence-corrected chi connectivity index (χ1v) is 7.05. The molecule has 0 bridgehead atoms. The number of benzene rings is 1. The van der Waals surface area contributed by atoms with Crippen molar-refractivity contribution >= 4 is 33.4 Å². The summed E-state index contributed by atoms with van der Waals surface area (Å²) in [4.78, 5) is 11.9. The summed E-state index contributed by atoms with van der Waals surface area (Å²) in [6.45, 7) is 2.75. The van der Waals surface area contributed by atoms with Crippen molar-refractivity contribution in [2.24, 2.45) is 5.92 Å². The average Bonchev–Trinajstić information content (AvgIpc) is 2.36. The third kappa shape index (κ3) is 4.96. The third-order valence-electron chi connectivity index (χ3n) is 2.64. The van der Waals surface area contributed by atoms with Crippen LogP contribution < -0.4 is 5.32 Å². The minimum absolute atomic E-state index is 0.169. The summed E-state index contributed by atoms with van der Waals surface area (Å²) in [5.41, 5.74) is 0.473. The van der Waals surface area contributed by atoms with E-state index in [0.29, 0.717) is 17.1 Å². The SMILES string of the molecule is CC(CO)CCCNC(=O)c1cc(Br)ccc1Cl. The monoisotopic (exact) mass is 333 g/mol. The molecule has 1 aromatic carbocycles. The fourth-order valence-electron chi connectivity index (χ4n) is 1.51. The largest absolute Gasteiger partial charge is 0.396 e. The van der Waals surface area contributed by atoms with Crippen molar-refractivity contribution < 1.29 is 9.90 Å². The van der Waals surface area contributed by atoms with Crippen molar-refractivity contribution in [1.82, 2.24) is 5.32 Å². The molecule has 1 aromatic rings. The molecule has 1 unspecified atom stereocenters. The average molecular weight is 335 g/mol. The molecule has 18 heavy (non-hydrogen) atoms. The molecule has 1 rings (SSSR count). The van der Waals surface area contributed by atoms with Gasteiger partial charge in [0.15, 0.2) is 0 Å². The quantitative estimate of drug-likeness (QED) is 0.785. The maximum Gasteiger partial charge on any atom is 0.252 e. The summed E-state index contributed by atoms with van der Waals surface area (Å²) < 4.78 is 0.825. The van der Waals surface area contributed by atoms with Gasteiger partial charge in [-0.1, -0.05) is 34.5 Å². The summed E-state index contributed by atoms with van der Waals surface area (Å²) >= 11 is 9.27. The standard InChI is InChI=1S/C13H17BrClNO2/c1-9(8-17)3-2-6-16-13(18)11-7-10(14)4-5-12(11)15/h4-5,7,9,17H,2-3,6,8H2,1H3,(H,16,18). The maximum absolute atomic E-state index is 11.9. The lowest BCUT2D eigenvalue weighted by molar-refractivity contribution is 0.0952. The summed E-state index contributed by atoms with van der Waals surface area (Å²) in [6.07, 6.45) is 1.74. The molecule has 0 saturated heterocycles. The highest BCUT2D eigenvalue weighted by Gasteiger charge is 2.10. The van der Waals surface area contributed by atoms with Gasteiger partial charge in [-0.05, 0) is 37.0 Å². The maximum atomic E-state index is 11.9. The highest BCUT2D eigenvalue weighted by atomic mass is 79.9. The zero-order valence-corrected chi connectivity index (χ0v) is 12.6. The van der Waals surface area contributed by atoms with E-state index >= 15 is 0 Å². The predicted octanol–water partition coefficient (Wildman–Crippen LogP) is 3.24. The van der Waals surface area contributed by atoms with Crippen molar-refractivity contribution in [3.05, 3.63) is 33.3 Å². The number of carbonyl (C=O) groups excluding carboxylic acids is 1. The van der Waals surface area contributed by atoms with Crippen LogP contribution in [0.4, 0.5) is 0 Å². The van der Waals surface area contributed by atoms with Crippen LogP contribution in [0.15, 0.2) is 22.7 Å². The van der Waals surface area contributed by atoms with Crippen LogP contribution in [0.2, 0.25) is 5.02 Å². The molecular formula is C13H17BrClNO2. The van der Waals surface area contributed by atoms with Crippen LogP contribution in [0.5, 0.6) is 0 Å². The van der Waals surface area contributed by atoms with Crippen LogP contribution >= 0.6 is 27.5 Å². The van der Waals surface area contributed by atoms with Crippen LogP contribution in [0.25, 0.3) is 0 Å². The Morgan fingerprint density at radius 3 is 2.94 bits per heavy atom. The van der Waals surface area contributed by atoms with Crippen LogP contribution in [-0.4, -0.2) is 24.2 Å². The molecule has 0 aliphatic heterocycles. The van der Waals surface area contributed by atoms with Crippen molar-refractivity contribution in [3.63, 3.8) is 0 Å². The Bertz CT molecular complexity index is 412. The van der Waals surface area contributed by atoms with E-state index in [9.17, 15) is 4.79 Å². The summed E-state index contributed by atoms with van der Waals surface area (Å²) in [6, 6.07) is 5.18. The van der Waals surface area contributed by atoms with Gasteiger partial charge in [-0.25, -0.2) is 0 Å². The Morgan fingerprint density at radius 2 is 2.28 bits per heavy atom. The van der Waals surface area contributed by atoms with Gasteiger partial charge in [0.05, 0.1) is 10.6 Å². The van der Waals surface area contributed by atoms with Crippen LogP contribution in [0.1, 0.15) is 30.1 Å². The van der Waals surface area contributed by atoms with Crippen molar-refractivity contribution in [3.8, 4) is 0 Å². The minimum Gasteiger partial charge on any atom is -0.396 e. The van der Waals surface area contributed by atoms with E-state index in [1.54, 1.807) is 18.2 Å². The highest BCUT2D eigenvalue weighted by Crippen LogP contribution is 2.20. The lowest BCUT2D eigenvalue weighted by Crippen LogP contribution is -2.25.